The second-order valence-corrected chi connectivity index (χ2v) is 7.61. The van der Waals surface area contributed by atoms with Gasteiger partial charge < -0.3 is 20.7 Å². The van der Waals surface area contributed by atoms with Crippen molar-refractivity contribution >= 4 is 23.1 Å². The molecule has 168 valence electrons. The van der Waals surface area contributed by atoms with E-state index in [0.717, 1.165) is 29.4 Å². The Bertz CT molecular complexity index is 1040. The Kier molecular flexibility index (Phi) is 7.51. The van der Waals surface area contributed by atoms with Crippen molar-refractivity contribution in [1.29, 1.82) is 0 Å². The Morgan fingerprint density at radius 2 is 1.90 bits per heavy atom. The summed E-state index contributed by atoms with van der Waals surface area (Å²) < 4.78 is 7.76. The molecule has 9 heteroatoms. The molecular formula is C22H31N5O4. The number of aryl methyl sites for hydroxylation is 1. The number of nitrogens with one attached hydrogen (secondary N) is 1. The van der Waals surface area contributed by atoms with E-state index in [4.69, 9.17) is 10.5 Å². The Balaban J connectivity index is 1.96. The Hall–Kier alpha value is -3.07. The molecule has 1 aliphatic heterocycles. The van der Waals surface area contributed by atoms with Crippen LogP contribution in [0.2, 0.25) is 0 Å². The maximum Gasteiger partial charge on any atom is 0.333 e. The highest BCUT2D eigenvalue weighted by molar-refractivity contribution is 5.90. The summed E-state index contributed by atoms with van der Waals surface area (Å²) >= 11 is 0. The third-order valence-electron chi connectivity index (χ3n) is 5.43. The van der Waals surface area contributed by atoms with Crippen molar-refractivity contribution in [2.45, 2.75) is 46.2 Å². The first-order valence-electron chi connectivity index (χ1n) is 10.8. The molecule has 31 heavy (non-hydrogen) atoms. The maximum absolute atomic E-state index is 13.2. The zero-order chi connectivity index (χ0) is 22.4. The fraction of sp³-hybridized carbons (Fsp3) is 0.500. The fourth-order valence-electron chi connectivity index (χ4n) is 3.67. The van der Waals surface area contributed by atoms with Crippen molar-refractivity contribution in [2.75, 3.05) is 42.3 Å². The van der Waals surface area contributed by atoms with Gasteiger partial charge >= 0.3 is 5.69 Å². The van der Waals surface area contributed by atoms with E-state index in [-0.39, 0.29) is 18.1 Å². The number of rotatable bonds is 8. The number of hydrogen-bond donors (Lipinski definition) is 2. The van der Waals surface area contributed by atoms with Crippen molar-refractivity contribution in [3.8, 4) is 0 Å². The van der Waals surface area contributed by atoms with Crippen molar-refractivity contribution in [2.24, 2.45) is 0 Å². The molecule has 1 fully saturated rings. The molecule has 0 unspecified atom stereocenters. The number of hydrogen-bond acceptors (Lipinski definition) is 6. The molecule has 1 aliphatic rings. The first-order chi connectivity index (χ1) is 15.0. The average Bonchev–Trinajstić information content (AvgIpc) is 2.77. The van der Waals surface area contributed by atoms with E-state index < -0.39 is 17.2 Å². The number of aromatic nitrogens is 2. The van der Waals surface area contributed by atoms with Crippen molar-refractivity contribution in [3.63, 3.8) is 0 Å². The summed E-state index contributed by atoms with van der Waals surface area (Å²) in [5.74, 6) is -0.287. The van der Waals surface area contributed by atoms with Crippen LogP contribution in [0.3, 0.4) is 0 Å². The summed E-state index contributed by atoms with van der Waals surface area (Å²) in [6.07, 6.45) is 2.44. The molecule has 0 bridgehead atoms. The zero-order valence-corrected chi connectivity index (χ0v) is 18.2. The van der Waals surface area contributed by atoms with Crippen LogP contribution in [0, 0.1) is 0 Å². The van der Waals surface area contributed by atoms with Crippen molar-refractivity contribution < 1.29 is 9.53 Å². The van der Waals surface area contributed by atoms with Gasteiger partial charge in [0.15, 0.2) is 0 Å². The molecule has 1 saturated heterocycles. The van der Waals surface area contributed by atoms with E-state index in [0.29, 0.717) is 38.5 Å². The smallest absolute Gasteiger partial charge is 0.333 e. The molecule has 0 radical (unpaired) electrons. The molecule has 3 N–H and O–H groups in total. The SMILES string of the molecule is CCCCn1c(N)c(N2CCOCC2)c(=O)n(CC(=O)Nc2cccc(CC)c2)c1=O. The molecule has 1 amide bonds. The molecule has 1 aromatic carbocycles. The highest BCUT2D eigenvalue weighted by atomic mass is 16.5. The van der Waals surface area contributed by atoms with E-state index in [2.05, 4.69) is 5.32 Å². The van der Waals surface area contributed by atoms with Crippen LogP contribution in [0.1, 0.15) is 32.3 Å². The number of ether oxygens (including phenoxy) is 1. The number of nitrogen functional groups attached to an aromatic ring is 1. The van der Waals surface area contributed by atoms with Crippen molar-refractivity contribution in [3.05, 3.63) is 50.7 Å². The summed E-state index contributed by atoms with van der Waals surface area (Å²) in [5, 5.41) is 2.78. The van der Waals surface area contributed by atoms with Gasteiger partial charge in [-0.05, 0) is 30.5 Å². The van der Waals surface area contributed by atoms with Gasteiger partial charge in [0.25, 0.3) is 5.56 Å². The van der Waals surface area contributed by atoms with Crippen LogP contribution in [0.15, 0.2) is 33.9 Å². The quantitative estimate of drug-likeness (QED) is 0.657. The van der Waals surface area contributed by atoms with E-state index in [1.807, 2.05) is 36.9 Å². The number of carbonyl (C=O) groups is 1. The van der Waals surface area contributed by atoms with Crippen LogP contribution in [-0.2, 0) is 29.0 Å². The van der Waals surface area contributed by atoms with Gasteiger partial charge in [-0.3, -0.25) is 14.2 Å². The predicted octanol–water partition coefficient (Wildman–Crippen LogP) is 1.43. The van der Waals surface area contributed by atoms with Crippen LogP contribution in [-0.4, -0.2) is 41.3 Å². The Morgan fingerprint density at radius 1 is 1.16 bits per heavy atom. The molecular weight excluding hydrogens is 398 g/mol. The van der Waals surface area contributed by atoms with E-state index in [1.54, 1.807) is 6.07 Å². The molecule has 0 spiro atoms. The monoisotopic (exact) mass is 429 g/mol. The van der Waals surface area contributed by atoms with Gasteiger partial charge in [0.1, 0.15) is 18.1 Å². The van der Waals surface area contributed by atoms with Gasteiger partial charge in [0, 0.05) is 25.3 Å². The number of benzene rings is 1. The summed E-state index contributed by atoms with van der Waals surface area (Å²) in [4.78, 5) is 40.8. The van der Waals surface area contributed by atoms with Crippen LogP contribution < -0.4 is 27.2 Å². The molecule has 0 saturated carbocycles. The lowest BCUT2D eigenvalue weighted by Gasteiger charge is -2.30. The number of anilines is 3. The lowest BCUT2D eigenvalue weighted by Crippen LogP contribution is -2.48. The second-order valence-electron chi connectivity index (χ2n) is 7.61. The minimum absolute atomic E-state index is 0.151. The number of nitrogens with zero attached hydrogens (tertiary/aromatic N) is 3. The Labute approximate surface area is 181 Å². The largest absolute Gasteiger partial charge is 0.383 e. The van der Waals surface area contributed by atoms with Gasteiger partial charge in [0.05, 0.1) is 13.2 Å². The molecule has 2 aromatic rings. The number of unbranched alkanes of at least 4 members (excludes halogenated alkanes) is 1. The fourth-order valence-corrected chi connectivity index (χ4v) is 3.67. The molecule has 1 aromatic heterocycles. The average molecular weight is 430 g/mol. The molecule has 9 nitrogen and oxygen atoms in total. The third kappa shape index (κ3) is 5.16. The van der Waals surface area contributed by atoms with Gasteiger partial charge in [-0.25, -0.2) is 9.36 Å². The normalized spacial score (nSPS) is 13.9. The van der Waals surface area contributed by atoms with Gasteiger partial charge in [-0.2, -0.15) is 0 Å². The van der Waals surface area contributed by atoms with Crippen LogP contribution in [0.25, 0.3) is 0 Å². The maximum atomic E-state index is 13.2. The topological polar surface area (TPSA) is 112 Å². The molecule has 3 rings (SSSR count). The Morgan fingerprint density at radius 3 is 2.58 bits per heavy atom. The van der Waals surface area contributed by atoms with Crippen LogP contribution in [0.4, 0.5) is 17.2 Å². The molecule has 0 atom stereocenters. The number of nitrogens with two attached hydrogens (primary N) is 1. The van der Waals surface area contributed by atoms with Crippen LogP contribution in [0.5, 0.6) is 0 Å². The highest BCUT2D eigenvalue weighted by Crippen LogP contribution is 2.19. The van der Waals surface area contributed by atoms with Crippen molar-refractivity contribution in [1.82, 2.24) is 9.13 Å². The lowest BCUT2D eigenvalue weighted by atomic mass is 10.1. The summed E-state index contributed by atoms with van der Waals surface area (Å²) in [6.45, 7) is 6.00. The number of carbonyl (C=O) groups excluding carboxylic acids is 1. The number of amides is 1. The van der Waals surface area contributed by atoms with Gasteiger partial charge in [-0.1, -0.05) is 32.4 Å². The van der Waals surface area contributed by atoms with Gasteiger partial charge in [-0.15, -0.1) is 0 Å². The lowest BCUT2D eigenvalue weighted by molar-refractivity contribution is -0.116. The minimum atomic E-state index is -0.564. The first kappa shape index (κ1) is 22.6. The zero-order valence-electron chi connectivity index (χ0n) is 18.2. The highest BCUT2D eigenvalue weighted by Gasteiger charge is 2.24. The van der Waals surface area contributed by atoms with Crippen LogP contribution >= 0.6 is 0 Å². The number of morpholine rings is 1. The first-order valence-corrected chi connectivity index (χ1v) is 10.8. The van der Waals surface area contributed by atoms with E-state index in [9.17, 15) is 14.4 Å². The minimum Gasteiger partial charge on any atom is -0.383 e. The summed E-state index contributed by atoms with van der Waals surface area (Å²) in [5.41, 5.74) is 7.15. The second kappa shape index (κ2) is 10.3. The van der Waals surface area contributed by atoms with E-state index in [1.165, 1.54) is 4.57 Å². The standard InChI is InChI=1S/C22H31N5O4/c1-3-5-9-26-20(23)19(25-10-12-31-13-11-25)21(29)27(22(26)30)15-18(28)24-17-8-6-7-16(4-2)14-17/h6-8,14H,3-5,9-13,15,23H2,1-2H3,(H,24,28). The third-order valence-corrected chi connectivity index (χ3v) is 5.43. The molecule has 0 aliphatic carbocycles. The summed E-state index contributed by atoms with van der Waals surface area (Å²) in [7, 11) is 0. The summed E-state index contributed by atoms with van der Waals surface area (Å²) in [6, 6.07) is 7.49. The predicted molar refractivity (Wildman–Crippen MR) is 122 cm³/mol. The van der Waals surface area contributed by atoms with Gasteiger partial charge in [0.2, 0.25) is 5.91 Å². The molecule has 2 heterocycles. The van der Waals surface area contributed by atoms with E-state index >= 15 is 0 Å².